The Balaban J connectivity index is 1.76. The summed E-state index contributed by atoms with van der Waals surface area (Å²) >= 11 is 0. The van der Waals surface area contributed by atoms with Crippen LogP contribution in [0.4, 0.5) is 8.78 Å². The van der Waals surface area contributed by atoms with Crippen LogP contribution in [0.1, 0.15) is 12.5 Å². The van der Waals surface area contributed by atoms with Gasteiger partial charge in [-0.2, -0.15) is 0 Å². The molecule has 1 amide bonds. The summed E-state index contributed by atoms with van der Waals surface area (Å²) in [4.78, 5) is 16.3. The third-order valence-electron chi connectivity index (χ3n) is 4.07. The number of carbonyl (C=O) groups excluding carboxylic acids is 1. The van der Waals surface area contributed by atoms with Gasteiger partial charge in [-0.15, -0.1) is 0 Å². The van der Waals surface area contributed by atoms with Crippen LogP contribution < -0.4 is 5.32 Å². The first-order valence-electron chi connectivity index (χ1n) is 7.59. The molecule has 0 aliphatic carbocycles. The molecule has 6 heteroatoms. The second-order valence-corrected chi connectivity index (χ2v) is 5.88. The van der Waals surface area contributed by atoms with E-state index in [1.54, 1.807) is 0 Å². The van der Waals surface area contributed by atoms with Crippen molar-refractivity contribution in [3.63, 3.8) is 0 Å². The minimum Gasteiger partial charge on any atom is -0.355 e. The quantitative estimate of drug-likeness (QED) is 0.889. The molecule has 1 aromatic carbocycles. The fraction of sp³-hybridized carbons (Fsp3) is 0.562. The van der Waals surface area contributed by atoms with Crippen LogP contribution in [0.15, 0.2) is 18.2 Å². The van der Waals surface area contributed by atoms with Gasteiger partial charge in [-0.1, -0.05) is 6.07 Å². The lowest BCUT2D eigenvalue weighted by Crippen LogP contribution is -2.53. The van der Waals surface area contributed by atoms with Gasteiger partial charge >= 0.3 is 0 Å². The highest BCUT2D eigenvalue weighted by atomic mass is 19.1. The Morgan fingerprint density at radius 1 is 1.32 bits per heavy atom. The number of hydrogen-bond donors (Lipinski definition) is 1. The van der Waals surface area contributed by atoms with Crippen LogP contribution in [0, 0.1) is 11.6 Å². The van der Waals surface area contributed by atoms with E-state index in [1.165, 1.54) is 18.2 Å². The molecule has 0 aromatic heterocycles. The van der Waals surface area contributed by atoms with Crippen molar-refractivity contribution in [1.29, 1.82) is 0 Å². The number of rotatable bonds is 5. The minimum atomic E-state index is -0.568. The normalized spacial score (nSPS) is 20.1. The number of likely N-dealkylation sites (N-methyl/N-ethyl adjacent to an activating group) is 1. The molecule has 1 N–H and O–H groups in total. The lowest BCUT2D eigenvalue weighted by Gasteiger charge is -2.37. The van der Waals surface area contributed by atoms with Crippen molar-refractivity contribution in [1.82, 2.24) is 15.1 Å². The fourth-order valence-electron chi connectivity index (χ4n) is 2.75. The SMILES string of the molecule is C[C@H]1CN(C)CCN1CC(=O)NCCc1c(F)cccc1F. The maximum atomic E-state index is 13.5. The van der Waals surface area contributed by atoms with E-state index < -0.39 is 11.6 Å². The smallest absolute Gasteiger partial charge is 0.234 e. The van der Waals surface area contributed by atoms with Crippen molar-refractivity contribution >= 4 is 5.91 Å². The second kappa shape index (κ2) is 7.65. The van der Waals surface area contributed by atoms with E-state index in [0.717, 1.165) is 19.6 Å². The highest BCUT2D eigenvalue weighted by Crippen LogP contribution is 2.12. The van der Waals surface area contributed by atoms with E-state index >= 15 is 0 Å². The van der Waals surface area contributed by atoms with Gasteiger partial charge in [0.05, 0.1) is 6.54 Å². The second-order valence-electron chi connectivity index (χ2n) is 5.88. The summed E-state index contributed by atoms with van der Waals surface area (Å²) < 4.78 is 26.9. The first-order chi connectivity index (χ1) is 10.5. The first-order valence-corrected chi connectivity index (χ1v) is 7.59. The summed E-state index contributed by atoms with van der Waals surface area (Å²) in [5, 5.41) is 2.74. The van der Waals surface area contributed by atoms with E-state index in [4.69, 9.17) is 0 Å². The van der Waals surface area contributed by atoms with Gasteiger partial charge in [0.25, 0.3) is 0 Å². The predicted octanol–water partition coefficient (Wildman–Crippen LogP) is 1.26. The van der Waals surface area contributed by atoms with Crippen molar-refractivity contribution in [3.8, 4) is 0 Å². The standard InChI is InChI=1S/C16H23F2N3O/c1-12-10-20(2)8-9-21(12)11-16(22)19-7-6-13-14(17)4-3-5-15(13)18/h3-5,12H,6-11H2,1-2H3,(H,19,22)/t12-/m0/s1. The molecule has 1 fully saturated rings. The molecule has 1 aliphatic rings. The van der Waals surface area contributed by atoms with Gasteiger partial charge in [0.1, 0.15) is 11.6 Å². The van der Waals surface area contributed by atoms with E-state index in [-0.39, 0.29) is 24.4 Å². The molecular formula is C16H23F2N3O. The number of piperazine rings is 1. The zero-order chi connectivity index (χ0) is 16.1. The molecule has 0 saturated carbocycles. The Kier molecular flexibility index (Phi) is 5.85. The summed E-state index contributed by atoms with van der Waals surface area (Å²) in [5.74, 6) is -1.24. The molecule has 1 atom stereocenters. The number of benzene rings is 1. The average molecular weight is 311 g/mol. The molecule has 4 nitrogen and oxygen atoms in total. The van der Waals surface area contributed by atoms with Gasteiger partial charge < -0.3 is 10.2 Å². The maximum Gasteiger partial charge on any atom is 0.234 e. The van der Waals surface area contributed by atoms with Crippen molar-refractivity contribution in [2.75, 3.05) is 39.8 Å². The van der Waals surface area contributed by atoms with Crippen LogP contribution in [0.5, 0.6) is 0 Å². The third kappa shape index (κ3) is 4.48. The average Bonchev–Trinajstić information content (AvgIpc) is 2.45. The number of halogens is 2. The van der Waals surface area contributed by atoms with Crippen LogP contribution in [-0.2, 0) is 11.2 Å². The topological polar surface area (TPSA) is 35.6 Å². The molecule has 1 saturated heterocycles. The number of nitrogens with zero attached hydrogens (tertiary/aromatic N) is 2. The van der Waals surface area contributed by atoms with Crippen LogP contribution in [0.3, 0.4) is 0 Å². The molecule has 0 radical (unpaired) electrons. The van der Waals surface area contributed by atoms with E-state index in [9.17, 15) is 13.6 Å². The van der Waals surface area contributed by atoms with Crippen LogP contribution >= 0.6 is 0 Å². The molecule has 0 bridgehead atoms. The molecular weight excluding hydrogens is 288 g/mol. The van der Waals surface area contributed by atoms with Gasteiger partial charge in [-0.05, 0) is 32.5 Å². The Bertz CT molecular complexity index is 504. The van der Waals surface area contributed by atoms with Crippen molar-refractivity contribution in [2.45, 2.75) is 19.4 Å². The van der Waals surface area contributed by atoms with E-state index in [0.29, 0.717) is 12.6 Å². The largest absolute Gasteiger partial charge is 0.355 e. The summed E-state index contributed by atoms with van der Waals surface area (Å²) in [6, 6.07) is 4.12. The maximum absolute atomic E-state index is 13.5. The number of hydrogen-bond acceptors (Lipinski definition) is 3. The van der Waals surface area contributed by atoms with E-state index in [1.807, 2.05) is 0 Å². The molecule has 22 heavy (non-hydrogen) atoms. The first kappa shape index (κ1) is 16.8. The summed E-state index contributed by atoms with van der Waals surface area (Å²) in [5.41, 5.74) is 0.0239. The van der Waals surface area contributed by atoms with Crippen LogP contribution in [0.2, 0.25) is 0 Å². The number of amides is 1. The van der Waals surface area contributed by atoms with Gasteiger partial charge in [-0.3, -0.25) is 9.69 Å². The minimum absolute atomic E-state index is 0.0239. The molecule has 1 aromatic rings. The summed E-state index contributed by atoms with van der Waals surface area (Å²) in [6.07, 6.45) is 0.155. The lowest BCUT2D eigenvalue weighted by atomic mass is 10.1. The van der Waals surface area contributed by atoms with Gasteiger partial charge in [0, 0.05) is 37.8 Å². The predicted molar refractivity (Wildman–Crippen MR) is 81.6 cm³/mol. The van der Waals surface area contributed by atoms with E-state index in [2.05, 4.69) is 29.1 Å². The Labute approximate surface area is 130 Å². The van der Waals surface area contributed by atoms with Gasteiger partial charge in [-0.25, -0.2) is 8.78 Å². The molecule has 0 unspecified atom stereocenters. The highest BCUT2D eigenvalue weighted by molar-refractivity contribution is 5.78. The molecule has 122 valence electrons. The third-order valence-corrected chi connectivity index (χ3v) is 4.07. The zero-order valence-corrected chi connectivity index (χ0v) is 13.1. The monoisotopic (exact) mass is 311 g/mol. The Hall–Kier alpha value is -1.53. The summed E-state index contributed by atoms with van der Waals surface area (Å²) in [7, 11) is 2.07. The van der Waals surface area contributed by atoms with Gasteiger partial charge in [0.15, 0.2) is 0 Å². The highest BCUT2D eigenvalue weighted by Gasteiger charge is 2.23. The molecule has 0 spiro atoms. The number of nitrogens with one attached hydrogen (secondary N) is 1. The summed E-state index contributed by atoms with van der Waals surface area (Å²) in [6.45, 7) is 5.39. The van der Waals surface area contributed by atoms with Crippen molar-refractivity contribution in [3.05, 3.63) is 35.4 Å². The van der Waals surface area contributed by atoms with Crippen molar-refractivity contribution in [2.24, 2.45) is 0 Å². The Morgan fingerprint density at radius 2 is 2.00 bits per heavy atom. The molecule has 1 aliphatic heterocycles. The number of carbonyl (C=O) groups is 1. The fourth-order valence-corrected chi connectivity index (χ4v) is 2.75. The zero-order valence-electron chi connectivity index (χ0n) is 13.1. The lowest BCUT2D eigenvalue weighted by molar-refractivity contribution is -0.123. The van der Waals surface area contributed by atoms with Crippen molar-refractivity contribution < 1.29 is 13.6 Å². The molecule has 2 rings (SSSR count). The van der Waals surface area contributed by atoms with Crippen LogP contribution in [0.25, 0.3) is 0 Å². The van der Waals surface area contributed by atoms with Gasteiger partial charge in [0.2, 0.25) is 5.91 Å². The Morgan fingerprint density at radius 3 is 2.64 bits per heavy atom. The molecule has 1 heterocycles. The van der Waals surface area contributed by atoms with Crippen LogP contribution in [-0.4, -0.2) is 61.5 Å².